The van der Waals surface area contributed by atoms with Crippen LogP contribution in [0.2, 0.25) is 0 Å². The zero-order valence-electron chi connectivity index (χ0n) is 20.4. The Kier molecular flexibility index (Phi) is 6.74. The number of nitrogens with two attached hydrogens (primary N) is 1. The molecule has 0 spiro atoms. The molecule has 37 heavy (non-hydrogen) atoms. The number of carbonyl (C=O) groups is 1. The Hall–Kier alpha value is -4.06. The van der Waals surface area contributed by atoms with E-state index in [4.69, 9.17) is 14.9 Å². The third-order valence-corrected chi connectivity index (χ3v) is 6.82. The Morgan fingerprint density at radius 2 is 1.70 bits per heavy atom. The monoisotopic (exact) mass is 510 g/mol. The van der Waals surface area contributed by atoms with Gasteiger partial charge in [0.15, 0.2) is 0 Å². The molecule has 0 bridgehead atoms. The molecule has 0 aliphatic heterocycles. The first-order valence-corrected chi connectivity index (χ1v) is 12.1. The SMILES string of the molecule is COC(=O)c1ccc(Cn2cc(CCN)c3cc(-c4cccc5c4oc4ccccc45)ccc32)cc1.Cl. The van der Waals surface area contributed by atoms with E-state index in [-0.39, 0.29) is 18.4 Å². The molecule has 0 saturated carbocycles. The summed E-state index contributed by atoms with van der Waals surface area (Å²) < 4.78 is 13.3. The van der Waals surface area contributed by atoms with Crippen LogP contribution >= 0.6 is 12.4 Å². The van der Waals surface area contributed by atoms with Crippen molar-refractivity contribution >= 4 is 51.2 Å². The van der Waals surface area contributed by atoms with Crippen LogP contribution in [0.15, 0.2) is 95.5 Å². The van der Waals surface area contributed by atoms with Crippen LogP contribution in [-0.4, -0.2) is 24.2 Å². The average Bonchev–Trinajstić information content (AvgIpc) is 3.46. The Morgan fingerprint density at radius 1 is 0.919 bits per heavy atom. The number of halogens is 1. The van der Waals surface area contributed by atoms with Gasteiger partial charge < -0.3 is 19.5 Å². The molecular weight excluding hydrogens is 484 g/mol. The van der Waals surface area contributed by atoms with E-state index < -0.39 is 0 Å². The molecule has 6 rings (SSSR count). The zero-order chi connectivity index (χ0) is 24.6. The highest BCUT2D eigenvalue weighted by Gasteiger charge is 2.15. The third-order valence-electron chi connectivity index (χ3n) is 6.82. The number of methoxy groups -OCH3 is 1. The van der Waals surface area contributed by atoms with Crippen LogP contribution in [-0.2, 0) is 17.7 Å². The van der Waals surface area contributed by atoms with E-state index in [0.29, 0.717) is 18.7 Å². The molecule has 0 aliphatic rings. The minimum atomic E-state index is -0.329. The van der Waals surface area contributed by atoms with Crippen molar-refractivity contribution in [2.24, 2.45) is 5.73 Å². The number of para-hydroxylation sites is 2. The first-order chi connectivity index (χ1) is 17.7. The van der Waals surface area contributed by atoms with E-state index in [1.807, 2.05) is 30.3 Å². The molecule has 0 fully saturated rings. The molecule has 5 nitrogen and oxygen atoms in total. The maximum atomic E-state index is 11.8. The molecule has 0 atom stereocenters. The normalized spacial score (nSPS) is 11.2. The van der Waals surface area contributed by atoms with Gasteiger partial charge in [0.25, 0.3) is 0 Å². The van der Waals surface area contributed by atoms with Crippen LogP contribution in [0.3, 0.4) is 0 Å². The Labute approximate surface area is 220 Å². The fourth-order valence-electron chi connectivity index (χ4n) is 5.06. The van der Waals surface area contributed by atoms with Gasteiger partial charge in [0.1, 0.15) is 11.2 Å². The molecule has 0 amide bonds. The molecule has 0 unspecified atom stereocenters. The lowest BCUT2D eigenvalue weighted by Gasteiger charge is -2.08. The van der Waals surface area contributed by atoms with Crippen LogP contribution in [0.1, 0.15) is 21.5 Å². The standard InChI is InChI=1S/C31H26N2O3.ClH/c1-35-31(34)21-11-9-20(10-12-21)18-33-19-23(15-16-32)27-17-22(13-14-28(27)33)24-6-4-7-26-25-5-2-3-8-29(25)36-30(24)26;/h2-14,17,19H,15-16,18,32H2,1H3;1H. The van der Waals surface area contributed by atoms with Crippen molar-refractivity contribution in [1.82, 2.24) is 4.57 Å². The van der Waals surface area contributed by atoms with Gasteiger partial charge >= 0.3 is 5.97 Å². The van der Waals surface area contributed by atoms with Crippen LogP contribution in [0, 0.1) is 0 Å². The van der Waals surface area contributed by atoms with Crippen LogP contribution in [0.4, 0.5) is 0 Å². The highest BCUT2D eigenvalue weighted by Crippen LogP contribution is 2.37. The zero-order valence-corrected chi connectivity index (χ0v) is 21.3. The fraction of sp³-hybridized carbons (Fsp3) is 0.129. The van der Waals surface area contributed by atoms with Gasteiger partial charge in [0, 0.05) is 40.0 Å². The van der Waals surface area contributed by atoms with Gasteiger partial charge in [-0.1, -0.05) is 54.6 Å². The smallest absolute Gasteiger partial charge is 0.337 e. The number of benzene rings is 4. The molecule has 6 aromatic rings. The lowest BCUT2D eigenvalue weighted by molar-refractivity contribution is 0.0600. The molecule has 2 N–H and O–H groups in total. The van der Waals surface area contributed by atoms with Gasteiger partial charge in [-0.2, -0.15) is 0 Å². The number of furan rings is 1. The van der Waals surface area contributed by atoms with E-state index >= 15 is 0 Å². The summed E-state index contributed by atoms with van der Waals surface area (Å²) in [5.41, 5.74) is 14.0. The van der Waals surface area contributed by atoms with E-state index in [1.54, 1.807) is 12.1 Å². The minimum Gasteiger partial charge on any atom is -0.465 e. The Morgan fingerprint density at radius 3 is 2.49 bits per heavy atom. The number of hydrogen-bond donors (Lipinski definition) is 1. The second-order valence-electron chi connectivity index (χ2n) is 9.02. The van der Waals surface area contributed by atoms with Crippen LogP contribution in [0.25, 0.3) is 44.0 Å². The number of aromatic nitrogens is 1. The molecular formula is C31H27ClN2O3. The number of fused-ring (bicyclic) bond motifs is 4. The van der Waals surface area contributed by atoms with E-state index in [1.165, 1.54) is 18.1 Å². The van der Waals surface area contributed by atoms with Crippen molar-refractivity contribution in [3.8, 4) is 11.1 Å². The number of carbonyl (C=O) groups excluding carboxylic acids is 1. The molecule has 186 valence electrons. The summed E-state index contributed by atoms with van der Waals surface area (Å²) in [4.78, 5) is 11.8. The van der Waals surface area contributed by atoms with Crippen molar-refractivity contribution in [2.45, 2.75) is 13.0 Å². The summed E-state index contributed by atoms with van der Waals surface area (Å²) in [7, 11) is 1.39. The molecule has 0 radical (unpaired) electrons. The predicted octanol–water partition coefficient (Wildman–Crippen LogP) is 6.97. The highest BCUT2D eigenvalue weighted by atomic mass is 35.5. The third kappa shape index (κ3) is 4.37. The van der Waals surface area contributed by atoms with Gasteiger partial charge in [-0.25, -0.2) is 4.79 Å². The molecule has 2 aromatic heterocycles. The van der Waals surface area contributed by atoms with Crippen LogP contribution < -0.4 is 5.73 Å². The van der Waals surface area contributed by atoms with Gasteiger partial charge in [-0.15, -0.1) is 12.4 Å². The van der Waals surface area contributed by atoms with E-state index in [2.05, 4.69) is 53.2 Å². The molecule has 2 heterocycles. The quantitative estimate of drug-likeness (QED) is 0.246. The fourth-order valence-corrected chi connectivity index (χ4v) is 5.06. The van der Waals surface area contributed by atoms with E-state index in [0.717, 1.165) is 50.6 Å². The van der Waals surface area contributed by atoms with Gasteiger partial charge in [0.05, 0.1) is 12.7 Å². The van der Waals surface area contributed by atoms with Gasteiger partial charge in [-0.3, -0.25) is 0 Å². The predicted molar refractivity (Wildman–Crippen MR) is 152 cm³/mol. The molecule has 6 heteroatoms. The summed E-state index contributed by atoms with van der Waals surface area (Å²) in [6.07, 6.45) is 2.99. The average molecular weight is 511 g/mol. The van der Waals surface area contributed by atoms with Crippen molar-refractivity contribution in [2.75, 3.05) is 13.7 Å². The first kappa shape index (κ1) is 24.6. The van der Waals surface area contributed by atoms with Crippen molar-refractivity contribution in [3.63, 3.8) is 0 Å². The summed E-state index contributed by atoms with van der Waals surface area (Å²) in [6, 6.07) is 28.6. The van der Waals surface area contributed by atoms with Gasteiger partial charge in [0.2, 0.25) is 0 Å². The number of hydrogen-bond acceptors (Lipinski definition) is 4. The highest BCUT2D eigenvalue weighted by molar-refractivity contribution is 6.10. The second kappa shape index (κ2) is 10.1. The topological polar surface area (TPSA) is 70.4 Å². The number of nitrogens with zero attached hydrogens (tertiary/aromatic N) is 1. The summed E-state index contributed by atoms with van der Waals surface area (Å²) >= 11 is 0. The van der Waals surface area contributed by atoms with Gasteiger partial charge in [-0.05, 0) is 60.0 Å². The maximum absolute atomic E-state index is 11.8. The largest absolute Gasteiger partial charge is 0.465 e. The molecule has 0 aliphatic carbocycles. The van der Waals surface area contributed by atoms with Crippen molar-refractivity contribution < 1.29 is 13.9 Å². The van der Waals surface area contributed by atoms with Crippen LogP contribution in [0.5, 0.6) is 0 Å². The number of ether oxygens (including phenoxy) is 1. The summed E-state index contributed by atoms with van der Waals surface area (Å²) in [6.45, 7) is 1.28. The Bertz CT molecular complexity index is 1730. The number of esters is 1. The molecule has 0 saturated heterocycles. The maximum Gasteiger partial charge on any atom is 0.337 e. The number of rotatable bonds is 6. The van der Waals surface area contributed by atoms with E-state index in [9.17, 15) is 4.79 Å². The van der Waals surface area contributed by atoms with Crippen molar-refractivity contribution in [1.29, 1.82) is 0 Å². The summed E-state index contributed by atoms with van der Waals surface area (Å²) in [5.74, 6) is -0.329. The van der Waals surface area contributed by atoms with Crippen molar-refractivity contribution in [3.05, 3.63) is 108 Å². The Balaban J connectivity index is 0.00000280. The minimum absolute atomic E-state index is 0. The first-order valence-electron chi connectivity index (χ1n) is 12.1. The summed E-state index contributed by atoms with van der Waals surface area (Å²) in [5, 5.41) is 3.44. The lowest BCUT2D eigenvalue weighted by atomic mass is 9.99. The lowest BCUT2D eigenvalue weighted by Crippen LogP contribution is -2.03. The molecule has 4 aromatic carbocycles. The second-order valence-corrected chi connectivity index (χ2v) is 9.02.